The molecular formula is C15H12Cl2FNO. The number of nitrogens with one attached hydrogen (secondary N) is 1. The van der Waals surface area contributed by atoms with Gasteiger partial charge in [0.25, 0.3) is 5.91 Å². The highest BCUT2D eigenvalue weighted by Crippen LogP contribution is 2.18. The molecule has 0 atom stereocenters. The van der Waals surface area contributed by atoms with Crippen molar-refractivity contribution < 1.29 is 9.18 Å². The Morgan fingerprint density at radius 1 is 1.10 bits per heavy atom. The van der Waals surface area contributed by atoms with E-state index < -0.39 is 11.7 Å². The van der Waals surface area contributed by atoms with Gasteiger partial charge in [0.05, 0.1) is 10.6 Å². The molecule has 0 unspecified atom stereocenters. The summed E-state index contributed by atoms with van der Waals surface area (Å²) in [7, 11) is 0. The molecule has 0 bridgehead atoms. The first-order valence-corrected chi connectivity index (χ1v) is 6.89. The summed E-state index contributed by atoms with van der Waals surface area (Å²) < 4.78 is 13.6. The molecule has 0 saturated heterocycles. The van der Waals surface area contributed by atoms with E-state index in [0.717, 1.165) is 11.1 Å². The van der Waals surface area contributed by atoms with Crippen LogP contribution in [0, 0.1) is 5.82 Å². The van der Waals surface area contributed by atoms with Crippen molar-refractivity contribution in [2.75, 3.05) is 0 Å². The van der Waals surface area contributed by atoms with Gasteiger partial charge in [-0.05, 0) is 23.3 Å². The predicted octanol–water partition coefficient (Wildman–Crippen LogP) is 4.15. The first-order valence-electron chi connectivity index (χ1n) is 5.98. The molecule has 0 spiro atoms. The summed E-state index contributed by atoms with van der Waals surface area (Å²) in [5.74, 6) is -0.723. The Morgan fingerprint density at radius 3 is 2.35 bits per heavy atom. The third kappa shape index (κ3) is 3.50. The maximum Gasteiger partial charge on any atom is 0.256 e. The lowest BCUT2D eigenvalue weighted by Gasteiger charge is -2.08. The molecule has 0 aliphatic heterocycles. The Balaban J connectivity index is 2.05. The molecule has 2 rings (SSSR count). The van der Waals surface area contributed by atoms with Gasteiger partial charge in [0, 0.05) is 12.4 Å². The Hall–Kier alpha value is -1.58. The highest BCUT2D eigenvalue weighted by atomic mass is 35.5. The van der Waals surface area contributed by atoms with Crippen molar-refractivity contribution in [3.63, 3.8) is 0 Å². The average molecular weight is 312 g/mol. The Bertz CT molecular complexity index is 594. The number of carbonyl (C=O) groups excluding carboxylic acids is 1. The van der Waals surface area contributed by atoms with Crippen LogP contribution in [-0.2, 0) is 12.4 Å². The molecule has 0 aromatic heterocycles. The first kappa shape index (κ1) is 14.8. The van der Waals surface area contributed by atoms with Crippen molar-refractivity contribution in [1.29, 1.82) is 0 Å². The lowest BCUT2D eigenvalue weighted by atomic mass is 10.1. The summed E-state index contributed by atoms with van der Waals surface area (Å²) >= 11 is 11.5. The predicted molar refractivity (Wildman–Crippen MR) is 78.6 cm³/mol. The number of rotatable bonds is 4. The fourth-order valence-electron chi connectivity index (χ4n) is 1.73. The summed E-state index contributed by atoms with van der Waals surface area (Å²) in [6.07, 6.45) is 0. The maximum absolute atomic E-state index is 13.6. The monoisotopic (exact) mass is 311 g/mol. The van der Waals surface area contributed by atoms with E-state index in [1.807, 2.05) is 24.3 Å². The normalized spacial score (nSPS) is 10.3. The molecule has 0 saturated carbocycles. The van der Waals surface area contributed by atoms with Crippen LogP contribution in [0.5, 0.6) is 0 Å². The van der Waals surface area contributed by atoms with Crippen LogP contribution in [0.1, 0.15) is 21.5 Å². The third-order valence-electron chi connectivity index (χ3n) is 2.82. The van der Waals surface area contributed by atoms with Crippen molar-refractivity contribution in [3.8, 4) is 0 Å². The van der Waals surface area contributed by atoms with Gasteiger partial charge in [-0.1, -0.05) is 41.9 Å². The number of benzene rings is 2. The van der Waals surface area contributed by atoms with E-state index in [0.29, 0.717) is 12.4 Å². The number of halogens is 3. The van der Waals surface area contributed by atoms with E-state index in [4.69, 9.17) is 23.2 Å². The van der Waals surface area contributed by atoms with Gasteiger partial charge in [-0.15, -0.1) is 11.6 Å². The summed E-state index contributed by atoms with van der Waals surface area (Å²) in [4.78, 5) is 11.9. The Kier molecular flexibility index (Phi) is 4.99. The summed E-state index contributed by atoms with van der Waals surface area (Å²) in [6.45, 7) is 0.298. The van der Waals surface area contributed by atoms with Gasteiger partial charge in [-0.3, -0.25) is 4.79 Å². The molecule has 0 heterocycles. The van der Waals surface area contributed by atoms with Crippen LogP contribution < -0.4 is 5.32 Å². The van der Waals surface area contributed by atoms with Crippen LogP contribution in [-0.4, -0.2) is 5.91 Å². The smallest absolute Gasteiger partial charge is 0.256 e. The minimum atomic E-state index is -0.632. The van der Waals surface area contributed by atoms with Gasteiger partial charge < -0.3 is 5.32 Å². The van der Waals surface area contributed by atoms with E-state index in [-0.39, 0.29) is 10.6 Å². The molecule has 1 amide bonds. The second kappa shape index (κ2) is 6.73. The Morgan fingerprint density at radius 2 is 1.75 bits per heavy atom. The number of hydrogen-bond donors (Lipinski definition) is 1. The van der Waals surface area contributed by atoms with Gasteiger partial charge in [0.15, 0.2) is 0 Å². The van der Waals surface area contributed by atoms with Crippen LogP contribution in [0.3, 0.4) is 0 Å². The van der Waals surface area contributed by atoms with Crippen molar-refractivity contribution in [2.45, 2.75) is 12.4 Å². The van der Waals surface area contributed by atoms with Crippen LogP contribution >= 0.6 is 23.2 Å². The number of amides is 1. The quantitative estimate of drug-likeness (QED) is 0.844. The fraction of sp³-hybridized carbons (Fsp3) is 0.133. The fourth-order valence-corrected chi connectivity index (χ4v) is 2.16. The molecule has 20 heavy (non-hydrogen) atoms. The number of alkyl halides is 1. The van der Waals surface area contributed by atoms with Crippen LogP contribution in [0.2, 0.25) is 5.02 Å². The molecule has 0 aliphatic carbocycles. The van der Waals surface area contributed by atoms with Crippen LogP contribution in [0.25, 0.3) is 0 Å². The summed E-state index contributed by atoms with van der Waals surface area (Å²) in [5.41, 5.74) is 1.77. The molecule has 2 aromatic rings. The van der Waals surface area contributed by atoms with Crippen molar-refractivity contribution in [3.05, 3.63) is 70.0 Å². The van der Waals surface area contributed by atoms with E-state index in [9.17, 15) is 9.18 Å². The lowest BCUT2D eigenvalue weighted by Crippen LogP contribution is -2.24. The Labute approximate surface area is 126 Å². The van der Waals surface area contributed by atoms with E-state index in [1.165, 1.54) is 18.2 Å². The summed E-state index contributed by atoms with van der Waals surface area (Å²) in [6, 6.07) is 11.6. The molecule has 2 nitrogen and oxygen atoms in total. The summed E-state index contributed by atoms with van der Waals surface area (Å²) in [5, 5.41) is 2.74. The molecule has 0 fully saturated rings. The molecule has 1 N–H and O–H groups in total. The average Bonchev–Trinajstić information content (AvgIpc) is 2.45. The van der Waals surface area contributed by atoms with Crippen molar-refractivity contribution >= 4 is 29.1 Å². The second-order valence-electron chi connectivity index (χ2n) is 4.23. The highest BCUT2D eigenvalue weighted by Gasteiger charge is 2.15. The van der Waals surface area contributed by atoms with E-state index in [2.05, 4.69) is 5.32 Å². The zero-order valence-electron chi connectivity index (χ0n) is 10.5. The van der Waals surface area contributed by atoms with Crippen LogP contribution in [0.4, 0.5) is 4.39 Å². The lowest BCUT2D eigenvalue weighted by molar-refractivity contribution is 0.0947. The largest absolute Gasteiger partial charge is 0.348 e. The molecule has 2 aromatic carbocycles. The number of hydrogen-bond acceptors (Lipinski definition) is 1. The topological polar surface area (TPSA) is 29.1 Å². The van der Waals surface area contributed by atoms with Crippen LogP contribution in [0.15, 0.2) is 42.5 Å². The zero-order chi connectivity index (χ0) is 14.5. The minimum Gasteiger partial charge on any atom is -0.348 e. The van der Waals surface area contributed by atoms with Gasteiger partial charge in [0.2, 0.25) is 0 Å². The molecule has 0 aliphatic rings. The van der Waals surface area contributed by atoms with E-state index in [1.54, 1.807) is 0 Å². The molecule has 5 heteroatoms. The number of carbonyl (C=O) groups is 1. The standard InChI is InChI=1S/C15H12Cl2FNO/c16-8-10-4-6-11(7-5-10)9-19-15(20)14-12(17)2-1-3-13(14)18/h1-7H,8-9H2,(H,19,20). The van der Waals surface area contributed by atoms with Crippen molar-refractivity contribution in [1.82, 2.24) is 5.32 Å². The maximum atomic E-state index is 13.6. The third-order valence-corrected chi connectivity index (χ3v) is 3.44. The minimum absolute atomic E-state index is 0.0972. The molecular weight excluding hydrogens is 300 g/mol. The van der Waals surface area contributed by atoms with E-state index >= 15 is 0 Å². The van der Waals surface area contributed by atoms with Gasteiger partial charge in [-0.25, -0.2) is 4.39 Å². The van der Waals surface area contributed by atoms with Gasteiger partial charge in [-0.2, -0.15) is 0 Å². The van der Waals surface area contributed by atoms with Gasteiger partial charge >= 0.3 is 0 Å². The second-order valence-corrected chi connectivity index (χ2v) is 4.90. The highest BCUT2D eigenvalue weighted by molar-refractivity contribution is 6.33. The SMILES string of the molecule is O=C(NCc1ccc(CCl)cc1)c1c(F)cccc1Cl. The first-order chi connectivity index (χ1) is 9.61. The zero-order valence-corrected chi connectivity index (χ0v) is 12.0. The van der Waals surface area contributed by atoms with Gasteiger partial charge in [0.1, 0.15) is 5.82 Å². The molecule has 0 radical (unpaired) electrons. The molecule has 104 valence electrons. The van der Waals surface area contributed by atoms with Crippen molar-refractivity contribution in [2.24, 2.45) is 0 Å².